The normalized spacial score (nSPS) is 15.6. The molecule has 0 atom stereocenters. The number of aromatic nitrogens is 1. The van der Waals surface area contributed by atoms with E-state index in [0.29, 0.717) is 30.4 Å². The largest absolute Gasteiger partial charge is 0.481 e. The summed E-state index contributed by atoms with van der Waals surface area (Å²) in [6, 6.07) is 1.94. The number of amides is 1. The van der Waals surface area contributed by atoms with Gasteiger partial charge in [-0.2, -0.15) is 11.3 Å². The van der Waals surface area contributed by atoms with E-state index in [0.717, 1.165) is 18.4 Å². The molecule has 1 N–H and O–H groups in total. The van der Waals surface area contributed by atoms with Crippen LogP contribution < -0.4 is 0 Å². The molecule has 0 radical (unpaired) electrons. The predicted molar refractivity (Wildman–Crippen MR) is 89.8 cm³/mol. The summed E-state index contributed by atoms with van der Waals surface area (Å²) < 4.78 is 5.67. The van der Waals surface area contributed by atoms with Crippen molar-refractivity contribution in [2.75, 3.05) is 13.1 Å². The van der Waals surface area contributed by atoms with Gasteiger partial charge in [0.2, 0.25) is 11.8 Å². The van der Waals surface area contributed by atoms with E-state index in [1.807, 2.05) is 23.8 Å². The molecule has 7 heteroatoms. The van der Waals surface area contributed by atoms with Crippen LogP contribution >= 0.6 is 11.3 Å². The Morgan fingerprint density at radius 2 is 2.17 bits per heavy atom. The van der Waals surface area contributed by atoms with E-state index in [9.17, 15) is 9.59 Å². The molecule has 0 aromatic carbocycles. The number of likely N-dealkylation sites (tertiary alicyclic amines) is 1. The molecular weight excluding hydrogens is 328 g/mol. The molecule has 6 nitrogen and oxygen atoms in total. The third-order valence-electron chi connectivity index (χ3n) is 4.41. The lowest BCUT2D eigenvalue weighted by Crippen LogP contribution is -2.39. The number of aryl methyl sites for hydroxylation is 1. The van der Waals surface area contributed by atoms with Crippen molar-refractivity contribution in [3.05, 3.63) is 28.3 Å². The Balaban J connectivity index is 1.59. The average molecular weight is 348 g/mol. The highest BCUT2D eigenvalue weighted by molar-refractivity contribution is 7.08. The van der Waals surface area contributed by atoms with Crippen LogP contribution in [0.1, 0.15) is 30.7 Å². The summed E-state index contributed by atoms with van der Waals surface area (Å²) in [4.78, 5) is 29.5. The van der Waals surface area contributed by atoms with E-state index < -0.39 is 5.97 Å². The van der Waals surface area contributed by atoms with E-state index in [2.05, 4.69) is 4.98 Å². The number of carboxylic acid groups (broad SMARTS) is 1. The van der Waals surface area contributed by atoms with E-state index >= 15 is 0 Å². The Kier molecular flexibility index (Phi) is 4.99. The zero-order chi connectivity index (χ0) is 17.1. The molecular formula is C17H20N2O4S. The first kappa shape index (κ1) is 16.7. The maximum absolute atomic E-state index is 12.5. The fourth-order valence-electron chi connectivity index (χ4n) is 2.99. The van der Waals surface area contributed by atoms with Gasteiger partial charge in [0.15, 0.2) is 0 Å². The van der Waals surface area contributed by atoms with E-state index in [1.165, 1.54) is 0 Å². The zero-order valence-corrected chi connectivity index (χ0v) is 14.3. The Hall–Kier alpha value is -2.15. The number of aliphatic carboxylic acids is 1. The first-order valence-corrected chi connectivity index (χ1v) is 8.95. The van der Waals surface area contributed by atoms with Crippen LogP contribution in [-0.2, 0) is 16.0 Å². The second-order valence-corrected chi connectivity index (χ2v) is 6.91. The van der Waals surface area contributed by atoms with Gasteiger partial charge < -0.3 is 14.4 Å². The molecule has 1 aliphatic rings. The van der Waals surface area contributed by atoms with Crippen LogP contribution in [0, 0.1) is 12.8 Å². The first-order valence-electron chi connectivity index (χ1n) is 8.01. The Morgan fingerprint density at radius 3 is 2.79 bits per heavy atom. The summed E-state index contributed by atoms with van der Waals surface area (Å²) >= 11 is 1.57. The number of carboxylic acids is 1. The molecule has 1 aliphatic heterocycles. The standard InChI is InChI=1S/C17H20N2O4S/c1-11-14(18-17(23-11)13-4-7-24-10-13)9-15(20)19-5-2-12(3-6-19)8-16(21)22/h4,7,10,12H,2-3,5-6,8-9H2,1H3,(H,21,22). The molecule has 1 fully saturated rings. The summed E-state index contributed by atoms with van der Waals surface area (Å²) in [6.07, 6.45) is 1.91. The van der Waals surface area contributed by atoms with Gasteiger partial charge in [-0.05, 0) is 37.1 Å². The molecule has 1 saturated heterocycles. The number of piperidine rings is 1. The molecule has 0 saturated carbocycles. The molecule has 0 bridgehead atoms. The van der Waals surface area contributed by atoms with Crippen LogP contribution in [0.25, 0.3) is 11.5 Å². The summed E-state index contributed by atoms with van der Waals surface area (Å²) in [5.74, 6) is 0.656. The summed E-state index contributed by atoms with van der Waals surface area (Å²) in [5, 5.41) is 12.8. The lowest BCUT2D eigenvalue weighted by atomic mass is 9.93. The van der Waals surface area contributed by atoms with Crippen molar-refractivity contribution in [1.29, 1.82) is 0 Å². The van der Waals surface area contributed by atoms with Crippen molar-refractivity contribution < 1.29 is 19.1 Å². The van der Waals surface area contributed by atoms with E-state index in [-0.39, 0.29) is 24.7 Å². The van der Waals surface area contributed by atoms with Gasteiger partial charge in [-0.1, -0.05) is 0 Å². The van der Waals surface area contributed by atoms with Crippen molar-refractivity contribution in [3.63, 3.8) is 0 Å². The molecule has 1 amide bonds. The maximum atomic E-state index is 12.5. The van der Waals surface area contributed by atoms with Crippen molar-refractivity contribution in [2.24, 2.45) is 5.92 Å². The van der Waals surface area contributed by atoms with Crippen LogP contribution in [0.2, 0.25) is 0 Å². The van der Waals surface area contributed by atoms with Gasteiger partial charge in [0.1, 0.15) is 5.76 Å². The lowest BCUT2D eigenvalue weighted by molar-refractivity contribution is -0.138. The highest BCUT2D eigenvalue weighted by Crippen LogP contribution is 2.25. The molecule has 0 spiro atoms. The third kappa shape index (κ3) is 3.84. The molecule has 3 heterocycles. The Bertz CT molecular complexity index is 715. The number of hydrogen-bond acceptors (Lipinski definition) is 5. The summed E-state index contributed by atoms with van der Waals surface area (Å²) in [7, 11) is 0. The SMILES string of the molecule is Cc1oc(-c2ccsc2)nc1CC(=O)N1CCC(CC(=O)O)CC1. The predicted octanol–water partition coefficient (Wildman–Crippen LogP) is 2.97. The van der Waals surface area contributed by atoms with Gasteiger partial charge >= 0.3 is 5.97 Å². The fourth-order valence-corrected chi connectivity index (χ4v) is 3.62. The monoisotopic (exact) mass is 348 g/mol. The van der Waals surface area contributed by atoms with Crippen LogP contribution in [0.3, 0.4) is 0 Å². The minimum Gasteiger partial charge on any atom is -0.481 e. The quantitative estimate of drug-likeness (QED) is 0.898. The molecule has 128 valence electrons. The topological polar surface area (TPSA) is 83.6 Å². The fraction of sp³-hybridized carbons (Fsp3) is 0.471. The minimum atomic E-state index is -0.765. The van der Waals surface area contributed by atoms with Crippen LogP contribution in [0.15, 0.2) is 21.2 Å². The maximum Gasteiger partial charge on any atom is 0.303 e. The number of hydrogen-bond donors (Lipinski definition) is 1. The number of rotatable bonds is 5. The third-order valence-corrected chi connectivity index (χ3v) is 5.09. The molecule has 2 aromatic rings. The van der Waals surface area contributed by atoms with Crippen molar-refractivity contribution in [1.82, 2.24) is 9.88 Å². The van der Waals surface area contributed by atoms with Crippen molar-refractivity contribution in [3.8, 4) is 11.5 Å². The van der Waals surface area contributed by atoms with Crippen LogP contribution in [-0.4, -0.2) is 40.0 Å². The van der Waals surface area contributed by atoms with Gasteiger partial charge in [-0.15, -0.1) is 0 Å². The molecule has 2 aromatic heterocycles. The minimum absolute atomic E-state index is 0.0250. The average Bonchev–Trinajstić information content (AvgIpc) is 3.18. The van der Waals surface area contributed by atoms with Gasteiger partial charge in [0.25, 0.3) is 0 Å². The van der Waals surface area contributed by atoms with Gasteiger partial charge in [0.05, 0.1) is 12.1 Å². The van der Waals surface area contributed by atoms with Gasteiger partial charge in [-0.3, -0.25) is 9.59 Å². The van der Waals surface area contributed by atoms with Crippen LogP contribution in [0.4, 0.5) is 0 Å². The number of carbonyl (C=O) groups is 2. The summed E-state index contributed by atoms with van der Waals surface area (Å²) in [6.45, 7) is 3.06. The van der Waals surface area contributed by atoms with Gasteiger partial charge in [0, 0.05) is 30.5 Å². The smallest absolute Gasteiger partial charge is 0.303 e. The lowest BCUT2D eigenvalue weighted by Gasteiger charge is -2.31. The number of carbonyl (C=O) groups excluding carboxylic acids is 1. The van der Waals surface area contributed by atoms with Crippen molar-refractivity contribution in [2.45, 2.75) is 32.6 Å². The first-order chi connectivity index (χ1) is 11.5. The van der Waals surface area contributed by atoms with E-state index in [1.54, 1.807) is 16.2 Å². The number of thiophene rings is 1. The second-order valence-electron chi connectivity index (χ2n) is 6.13. The molecule has 24 heavy (non-hydrogen) atoms. The van der Waals surface area contributed by atoms with Crippen LogP contribution in [0.5, 0.6) is 0 Å². The Labute approximate surface area is 144 Å². The molecule has 0 unspecified atom stereocenters. The highest BCUT2D eigenvalue weighted by atomic mass is 32.1. The number of oxazole rings is 1. The highest BCUT2D eigenvalue weighted by Gasteiger charge is 2.25. The molecule has 3 rings (SSSR count). The number of nitrogens with zero attached hydrogens (tertiary/aromatic N) is 2. The second kappa shape index (κ2) is 7.17. The van der Waals surface area contributed by atoms with Crippen molar-refractivity contribution >= 4 is 23.2 Å². The Morgan fingerprint density at radius 1 is 1.42 bits per heavy atom. The van der Waals surface area contributed by atoms with Gasteiger partial charge in [-0.25, -0.2) is 4.98 Å². The zero-order valence-electron chi connectivity index (χ0n) is 13.5. The summed E-state index contributed by atoms with van der Waals surface area (Å²) in [5.41, 5.74) is 1.60. The van der Waals surface area contributed by atoms with E-state index in [4.69, 9.17) is 9.52 Å². The molecule has 0 aliphatic carbocycles.